The first-order valence-electron chi connectivity index (χ1n) is 10.4. The van der Waals surface area contributed by atoms with Gasteiger partial charge in [-0.2, -0.15) is 0 Å². The van der Waals surface area contributed by atoms with E-state index in [1.54, 1.807) is 0 Å². The number of allylic oxidation sites excluding steroid dienone is 5. The van der Waals surface area contributed by atoms with E-state index in [4.69, 9.17) is 0 Å². The van der Waals surface area contributed by atoms with Crippen LogP contribution in [0.25, 0.3) is 5.57 Å². The van der Waals surface area contributed by atoms with Crippen molar-refractivity contribution in [2.45, 2.75) is 40.0 Å². The predicted molar refractivity (Wildman–Crippen MR) is 130 cm³/mol. The molecule has 1 aromatic carbocycles. The van der Waals surface area contributed by atoms with Crippen molar-refractivity contribution in [2.24, 2.45) is 4.99 Å². The highest BCUT2D eigenvalue weighted by Crippen LogP contribution is 2.35. The summed E-state index contributed by atoms with van der Waals surface area (Å²) in [5, 5.41) is 3.37. The summed E-state index contributed by atoms with van der Waals surface area (Å²) in [5.74, 6) is 0. The van der Waals surface area contributed by atoms with E-state index in [-0.39, 0.29) is 5.41 Å². The van der Waals surface area contributed by atoms with E-state index in [9.17, 15) is 0 Å². The Morgan fingerprint density at radius 1 is 1.17 bits per heavy atom. The van der Waals surface area contributed by atoms with Crippen molar-refractivity contribution >= 4 is 11.3 Å². The van der Waals surface area contributed by atoms with Crippen LogP contribution in [0.5, 0.6) is 0 Å². The normalized spacial score (nSPS) is 18.2. The standard InChI is InChI=1S/C27H33N3/c1-18(2)29-23(7)27(8,17-30-15-9-10-19(3)22(30)6)25-13-11-24(12-14-25)26-20(4)16-28-21(26)5/h9-15,29H,1,6-7,16-17H2,2-5,8H3. The number of hydrogen-bond acceptors (Lipinski definition) is 3. The lowest BCUT2D eigenvalue weighted by Gasteiger charge is -2.39. The predicted octanol–water partition coefficient (Wildman–Crippen LogP) is 6.12. The number of hydrogen-bond donors (Lipinski definition) is 1. The maximum atomic E-state index is 4.58. The minimum absolute atomic E-state index is 0.343. The molecule has 0 saturated carbocycles. The van der Waals surface area contributed by atoms with Gasteiger partial charge in [-0.3, -0.25) is 4.99 Å². The summed E-state index contributed by atoms with van der Waals surface area (Å²) in [6, 6.07) is 8.84. The monoisotopic (exact) mass is 399 g/mol. The second-order valence-electron chi connectivity index (χ2n) is 8.62. The average molecular weight is 400 g/mol. The summed E-state index contributed by atoms with van der Waals surface area (Å²) in [5.41, 5.74) is 9.79. The molecule has 0 bridgehead atoms. The van der Waals surface area contributed by atoms with Crippen LogP contribution in [-0.2, 0) is 5.41 Å². The van der Waals surface area contributed by atoms with Crippen molar-refractivity contribution in [1.82, 2.24) is 10.2 Å². The van der Waals surface area contributed by atoms with Gasteiger partial charge in [0.25, 0.3) is 0 Å². The maximum Gasteiger partial charge on any atom is 0.0610 e. The smallest absolute Gasteiger partial charge is 0.0610 e. The first-order chi connectivity index (χ1) is 14.1. The fraction of sp³-hybridized carbons (Fsp3) is 0.296. The van der Waals surface area contributed by atoms with Gasteiger partial charge in [0, 0.05) is 46.5 Å². The molecule has 0 saturated heterocycles. The van der Waals surface area contributed by atoms with E-state index >= 15 is 0 Å². The Kier molecular flexibility index (Phi) is 6.02. The molecule has 1 N–H and O–H groups in total. The topological polar surface area (TPSA) is 27.6 Å². The van der Waals surface area contributed by atoms with Gasteiger partial charge in [-0.15, -0.1) is 0 Å². The van der Waals surface area contributed by atoms with Crippen molar-refractivity contribution in [1.29, 1.82) is 0 Å². The third-order valence-corrected chi connectivity index (χ3v) is 6.08. The van der Waals surface area contributed by atoms with Crippen LogP contribution in [0.1, 0.15) is 45.7 Å². The van der Waals surface area contributed by atoms with Crippen molar-refractivity contribution in [3.05, 3.63) is 102 Å². The highest BCUT2D eigenvalue weighted by atomic mass is 15.1. The number of nitrogens with zero attached hydrogens (tertiary/aromatic N) is 2. The van der Waals surface area contributed by atoms with Gasteiger partial charge in [-0.1, -0.05) is 50.1 Å². The SMILES string of the molecule is C=C(C)NC(=C)C(C)(CN1C=CC=C(C)C1=C)c1ccc(C2=C(C)CN=C2C)cc1. The van der Waals surface area contributed by atoms with E-state index < -0.39 is 0 Å². The van der Waals surface area contributed by atoms with Gasteiger partial charge in [-0.25, -0.2) is 0 Å². The number of rotatable bonds is 7. The molecule has 1 unspecified atom stereocenters. The molecular weight excluding hydrogens is 366 g/mol. The third-order valence-electron chi connectivity index (χ3n) is 6.08. The van der Waals surface area contributed by atoms with Crippen LogP contribution >= 0.6 is 0 Å². The molecule has 1 aromatic rings. The Hall–Kier alpha value is -3.07. The molecule has 0 spiro atoms. The first-order valence-corrected chi connectivity index (χ1v) is 10.4. The Bertz CT molecular complexity index is 1010. The van der Waals surface area contributed by atoms with Crippen LogP contribution in [0.3, 0.4) is 0 Å². The second-order valence-corrected chi connectivity index (χ2v) is 8.62. The highest BCUT2D eigenvalue weighted by Gasteiger charge is 2.33. The lowest BCUT2D eigenvalue weighted by molar-refractivity contribution is 0.360. The molecule has 3 rings (SSSR count). The summed E-state index contributed by atoms with van der Waals surface area (Å²) in [6.07, 6.45) is 6.25. The van der Waals surface area contributed by atoms with Crippen molar-refractivity contribution in [3.63, 3.8) is 0 Å². The third kappa shape index (κ3) is 4.11. The van der Waals surface area contributed by atoms with E-state index in [1.165, 1.54) is 27.8 Å². The summed E-state index contributed by atoms with van der Waals surface area (Å²) >= 11 is 0. The van der Waals surface area contributed by atoms with E-state index in [0.29, 0.717) is 0 Å². The van der Waals surface area contributed by atoms with Crippen LogP contribution in [0.4, 0.5) is 0 Å². The number of nitrogens with one attached hydrogen (secondary N) is 1. The molecule has 0 radical (unpaired) electrons. The molecule has 0 amide bonds. The minimum atomic E-state index is -0.343. The van der Waals surface area contributed by atoms with Crippen LogP contribution in [-0.4, -0.2) is 23.7 Å². The summed E-state index contributed by atoms with van der Waals surface area (Å²) < 4.78 is 0. The molecule has 0 fully saturated rings. The fourth-order valence-corrected chi connectivity index (χ4v) is 4.11. The molecule has 156 valence electrons. The fourth-order valence-electron chi connectivity index (χ4n) is 4.11. The maximum absolute atomic E-state index is 4.58. The van der Waals surface area contributed by atoms with Crippen LogP contribution in [0.2, 0.25) is 0 Å². The van der Waals surface area contributed by atoms with Gasteiger partial charge in [0.2, 0.25) is 0 Å². The van der Waals surface area contributed by atoms with Gasteiger partial charge in [0.1, 0.15) is 0 Å². The molecule has 1 atom stereocenters. The Labute approximate surface area is 181 Å². The quantitative estimate of drug-likeness (QED) is 0.598. The molecule has 3 nitrogen and oxygen atoms in total. The lowest BCUT2D eigenvalue weighted by Crippen LogP contribution is -2.41. The Morgan fingerprint density at radius 2 is 1.83 bits per heavy atom. The Balaban J connectivity index is 1.97. The zero-order valence-electron chi connectivity index (χ0n) is 19.0. The van der Waals surface area contributed by atoms with Crippen LogP contribution in [0.15, 0.2) is 95.6 Å². The number of aliphatic imine (C=N–C) groups is 1. The molecule has 3 heteroatoms. The zero-order chi connectivity index (χ0) is 22.1. The summed E-state index contributed by atoms with van der Waals surface area (Å²) in [7, 11) is 0. The molecule has 2 aliphatic heterocycles. The van der Waals surface area contributed by atoms with Gasteiger partial charge in [0.15, 0.2) is 0 Å². The minimum Gasteiger partial charge on any atom is -0.363 e. The van der Waals surface area contributed by atoms with Crippen LogP contribution in [0, 0.1) is 0 Å². The van der Waals surface area contributed by atoms with E-state index in [0.717, 1.165) is 35.9 Å². The summed E-state index contributed by atoms with van der Waals surface area (Å²) in [4.78, 5) is 6.78. The van der Waals surface area contributed by atoms with Gasteiger partial charge < -0.3 is 10.2 Å². The average Bonchev–Trinajstić information content (AvgIpc) is 3.03. The van der Waals surface area contributed by atoms with Gasteiger partial charge in [0.05, 0.1) is 6.54 Å². The summed E-state index contributed by atoms with van der Waals surface area (Å²) in [6.45, 7) is 24.7. The first kappa shape index (κ1) is 21.6. The van der Waals surface area contributed by atoms with Gasteiger partial charge in [-0.05, 0) is 63.0 Å². The lowest BCUT2D eigenvalue weighted by atomic mass is 9.78. The van der Waals surface area contributed by atoms with E-state index in [1.807, 2.05) is 6.92 Å². The largest absolute Gasteiger partial charge is 0.363 e. The van der Waals surface area contributed by atoms with E-state index in [2.05, 4.69) is 105 Å². The molecule has 0 aliphatic carbocycles. The molecule has 2 aliphatic rings. The van der Waals surface area contributed by atoms with Gasteiger partial charge >= 0.3 is 0 Å². The molecular formula is C27H33N3. The number of benzene rings is 1. The van der Waals surface area contributed by atoms with Crippen molar-refractivity contribution in [3.8, 4) is 0 Å². The molecule has 2 heterocycles. The molecule has 0 aromatic heterocycles. The highest BCUT2D eigenvalue weighted by molar-refractivity contribution is 6.25. The van der Waals surface area contributed by atoms with Crippen molar-refractivity contribution < 1.29 is 0 Å². The Morgan fingerprint density at radius 3 is 2.40 bits per heavy atom. The molecule has 30 heavy (non-hydrogen) atoms. The second kappa shape index (κ2) is 8.35. The van der Waals surface area contributed by atoms with Crippen LogP contribution < -0.4 is 5.32 Å². The van der Waals surface area contributed by atoms with Crippen molar-refractivity contribution in [2.75, 3.05) is 13.1 Å². The zero-order valence-corrected chi connectivity index (χ0v) is 19.0.